The molecule has 0 unspecified atom stereocenters. The van der Waals surface area contributed by atoms with Gasteiger partial charge in [0, 0.05) is 17.8 Å². The number of thiazole rings is 1. The summed E-state index contributed by atoms with van der Waals surface area (Å²) in [6, 6.07) is 8.00. The van der Waals surface area contributed by atoms with E-state index < -0.39 is 0 Å². The fraction of sp³-hybridized carbons (Fsp3) is 0.550. The molecule has 1 aromatic heterocycles. The zero-order valence-corrected chi connectivity index (χ0v) is 17.8. The number of methoxy groups -OCH3 is 1. The van der Waals surface area contributed by atoms with Gasteiger partial charge in [0.2, 0.25) is 0 Å². The van der Waals surface area contributed by atoms with Crippen LogP contribution in [0.1, 0.15) is 16.1 Å². The summed E-state index contributed by atoms with van der Waals surface area (Å²) in [5.74, 6) is 0.843. The van der Waals surface area contributed by atoms with Crippen LogP contribution in [-0.2, 0) is 27.2 Å². The number of anilines is 1. The van der Waals surface area contributed by atoms with Gasteiger partial charge in [0.05, 0.1) is 52.4 Å². The second-order valence-corrected chi connectivity index (χ2v) is 7.65. The number of rotatable bonds is 14. The van der Waals surface area contributed by atoms with Crippen molar-refractivity contribution in [3.63, 3.8) is 0 Å². The van der Waals surface area contributed by atoms with Gasteiger partial charge in [-0.3, -0.25) is 0 Å². The van der Waals surface area contributed by atoms with Crippen molar-refractivity contribution in [2.24, 2.45) is 0 Å². The van der Waals surface area contributed by atoms with Crippen molar-refractivity contribution in [2.45, 2.75) is 13.0 Å². The van der Waals surface area contributed by atoms with Gasteiger partial charge < -0.3 is 29.6 Å². The molecule has 0 radical (unpaired) electrons. The van der Waals surface area contributed by atoms with E-state index in [0.717, 1.165) is 34.8 Å². The van der Waals surface area contributed by atoms with Gasteiger partial charge in [0.1, 0.15) is 5.75 Å². The van der Waals surface area contributed by atoms with Crippen molar-refractivity contribution < 1.29 is 18.9 Å². The topological polar surface area (TPSA) is 79.1 Å². The summed E-state index contributed by atoms with van der Waals surface area (Å²) in [6.07, 6.45) is 0.756. The number of nitrogens with two attached hydrogens (primary N) is 1. The molecule has 0 aliphatic carbocycles. The van der Waals surface area contributed by atoms with Crippen molar-refractivity contribution in [2.75, 3.05) is 66.5 Å². The van der Waals surface area contributed by atoms with Gasteiger partial charge in [-0.15, -0.1) is 11.3 Å². The monoisotopic (exact) mass is 409 g/mol. The van der Waals surface area contributed by atoms with E-state index in [1.54, 1.807) is 7.11 Å². The Hall–Kier alpha value is -1.71. The number of aromatic nitrogens is 1. The van der Waals surface area contributed by atoms with Crippen LogP contribution < -0.4 is 10.5 Å². The number of nitrogen functional groups attached to an aromatic ring is 1. The van der Waals surface area contributed by atoms with Gasteiger partial charge in [-0.25, -0.2) is 4.98 Å². The lowest BCUT2D eigenvalue weighted by molar-refractivity contribution is 0.00815. The third kappa shape index (κ3) is 8.53. The Morgan fingerprint density at radius 3 is 2.46 bits per heavy atom. The van der Waals surface area contributed by atoms with Gasteiger partial charge in [0.25, 0.3) is 0 Å². The van der Waals surface area contributed by atoms with Gasteiger partial charge in [-0.05, 0) is 31.8 Å². The highest BCUT2D eigenvalue weighted by Crippen LogP contribution is 2.25. The lowest BCUT2D eigenvalue weighted by Gasteiger charge is -2.10. The first-order valence-electron chi connectivity index (χ1n) is 9.33. The van der Waals surface area contributed by atoms with E-state index in [9.17, 15) is 0 Å². The van der Waals surface area contributed by atoms with Crippen molar-refractivity contribution in [3.05, 3.63) is 40.4 Å². The Bertz CT molecular complexity index is 694. The molecule has 0 bridgehead atoms. The normalized spacial score (nSPS) is 11.3. The molecule has 2 rings (SSSR count). The molecule has 1 heterocycles. The molecule has 7 nitrogen and oxygen atoms in total. The molecule has 28 heavy (non-hydrogen) atoms. The summed E-state index contributed by atoms with van der Waals surface area (Å²) in [6.45, 7) is 4.26. The number of benzene rings is 1. The Morgan fingerprint density at radius 1 is 1.04 bits per heavy atom. The first-order valence-corrected chi connectivity index (χ1v) is 10.1. The summed E-state index contributed by atoms with van der Waals surface area (Å²) in [5, 5.41) is 0.558. The van der Waals surface area contributed by atoms with Crippen molar-refractivity contribution in [1.29, 1.82) is 0 Å². The number of hydrogen-bond acceptors (Lipinski definition) is 8. The van der Waals surface area contributed by atoms with Crippen molar-refractivity contribution in [3.8, 4) is 5.75 Å². The summed E-state index contributed by atoms with van der Waals surface area (Å²) in [4.78, 5) is 7.60. The summed E-state index contributed by atoms with van der Waals surface area (Å²) >= 11 is 1.50. The highest BCUT2D eigenvalue weighted by Gasteiger charge is 2.11. The van der Waals surface area contributed by atoms with Crippen LogP contribution in [0, 0.1) is 0 Å². The fourth-order valence-corrected chi connectivity index (χ4v) is 3.35. The molecule has 0 spiro atoms. The quantitative estimate of drug-likeness (QED) is 0.480. The van der Waals surface area contributed by atoms with Crippen LogP contribution >= 0.6 is 11.3 Å². The Balaban J connectivity index is 1.66. The fourth-order valence-electron chi connectivity index (χ4n) is 2.48. The SMILES string of the molecule is COc1cccc(Cc2sc(N)nc2COCCOCCOCCN(C)C)c1. The number of likely N-dealkylation sites (N-methyl/N-ethyl adjacent to an activating group) is 1. The highest BCUT2D eigenvalue weighted by molar-refractivity contribution is 7.15. The summed E-state index contributed by atoms with van der Waals surface area (Å²) in [7, 11) is 5.71. The lowest BCUT2D eigenvalue weighted by Crippen LogP contribution is -2.19. The Kier molecular flexibility index (Phi) is 10.2. The molecule has 0 fully saturated rings. The molecule has 156 valence electrons. The zero-order valence-electron chi connectivity index (χ0n) is 17.0. The molecule has 1 aromatic carbocycles. The summed E-state index contributed by atoms with van der Waals surface area (Å²) < 4.78 is 22.0. The van der Waals surface area contributed by atoms with Gasteiger partial charge in [-0.1, -0.05) is 12.1 Å². The predicted molar refractivity (Wildman–Crippen MR) is 112 cm³/mol. The lowest BCUT2D eigenvalue weighted by atomic mass is 10.1. The minimum atomic E-state index is 0.426. The van der Waals surface area contributed by atoms with Crippen molar-refractivity contribution >= 4 is 16.5 Å². The van der Waals surface area contributed by atoms with Gasteiger partial charge in [0.15, 0.2) is 5.13 Å². The molecule has 0 saturated carbocycles. The molecule has 0 aliphatic rings. The van der Waals surface area contributed by atoms with Crippen LogP contribution in [0.4, 0.5) is 5.13 Å². The van der Waals surface area contributed by atoms with Crippen LogP contribution in [-0.4, -0.2) is 70.7 Å². The maximum absolute atomic E-state index is 5.90. The average molecular weight is 410 g/mol. The molecule has 0 saturated heterocycles. The van der Waals surface area contributed by atoms with Gasteiger partial charge in [-0.2, -0.15) is 0 Å². The van der Waals surface area contributed by atoms with Crippen LogP contribution in [0.15, 0.2) is 24.3 Å². The Morgan fingerprint density at radius 2 is 1.75 bits per heavy atom. The number of hydrogen-bond donors (Lipinski definition) is 1. The van der Waals surface area contributed by atoms with Crippen LogP contribution in [0.3, 0.4) is 0 Å². The van der Waals surface area contributed by atoms with Crippen LogP contribution in [0.2, 0.25) is 0 Å². The van der Waals surface area contributed by atoms with Crippen molar-refractivity contribution in [1.82, 2.24) is 9.88 Å². The molecule has 0 atom stereocenters. The van der Waals surface area contributed by atoms with E-state index in [4.69, 9.17) is 24.7 Å². The number of ether oxygens (including phenoxy) is 4. The second kappa shape index (κ2) is 12.7. The molecular formula is C20H31N3O4S. The van der Waals surface area contributed by atoms with E-state index in [1.165, 1.54) is 11.3 Å². The number of nitrogens with zero attached hydrogens (tertiary/aromatic N) is 2. The predicted octanol–water partition coefficient (Wildman–Crippen LogP) is 2.44. The second-order valence-electron chi connectivity index (χ2n) is 6.53. The minimum absolute atomic E-state index is 0.426. The maximum Gasteiger partial charge on any atom is 0.180 e. The average Bonchev–Trinajstić information content (AvgIpc) is 3.02. The zero-order chi connectivity index (χ0) is 20.2. The molecule has 2 aromatic rings. The van der Waals surface area contributed by atoms with E-state index >= 15 is 0 Å². The van der Waals surface area contributed by atoms with Crippen LogP contribution in [0.25, 0.3) is 0 Å². The third-order valence-corrected chi connectivity index (χ3v) is 4.89. The third-order valence-electron chi connectivity index (χ3n) is 3.96. The largest absolute Gasteiger partial charge is 0.497 e. The minimum Gasteiger partial charge on any atom is -0.497 e. The van der Waals surface area contributed by atoms with E-state index in [-0.39, 0.29) is 0 Å². The molecule has 2 N–H and O–H groups in total. The molecule has 0 amide bonds. The smallest absolute Gasteiger partial charge is 0.180 e. The van der Waals surface area contributed by atoms with Gasteiger partial charge >= 0.3 is 0 Å². The van der Waals surface area contributed by atoms with E-state index in [1.807, 2.05) is 32.3 Å². The molecule has 0 aliphatic heterocycles. The summed E-state index contributed by atoms with van der Waals surface area (Å²) in [5.41, 5.74) is 7.94. The standard InChI is InChI=1S/C20H31N3O4S/c1-23(2)7-8-25-9-10-26-11-12-27-15-18-19(28-20(21)22-18)14-16-5-4-6-17(13-16)24-3/h4-6,13H,7-12,14-15H2,1-3H3,(H2,21,22). The maximum atomic E-state index is 5.90. The van der Waals surface area contributed by atoms with Crippen LogP contribution in [0.5, 0.6) is 5.75 Å². The van der Waals surface area contributed by atoms with E-state index in [0.29, 0.717) is 44.8 Å². The molecular weight excluding hydrogens is 378 g/mol. The first kappa shape index (κ1) is 22.6. The highest BCUT2D eigenvalue weighted by atomic mass is 32.1. The Labute approximate surface area is 171 Å². The van der Waals surface area contributed by atoms with E-state index in [2.05, 4.69) is 16.0 Å². The molecule has 8 heteroatoms. The first-order chi connectivity index (χ1) is 13.6.